The van der Waals surface area contributed by atoms with E-state index in [1.54, 1.807) is 6.92 Å². The number of hydrogen-bond acceptors (Lipinski definition) is 4. The monoisotopic (exact) mass is 500 g/mol. The van der Waals surface area contributed by atoms with E-state index in [0.717, 1.165) is 44.1 Å². The SMILES string of the molecule is CCO[C@]1(C(C)=O)CC[C@H]2[C@@H]3CC=C4C[C@](O)(OCc5ccc(Cl)cc5)CC[C@]4(C)[C@H]3CC[C@@]21C. The van der Waals surface area contributed by atoms with Gasteiger partial charge in [-0.1, -0.05) is 49.2 Å². The van der Waals surface area contributed by atoms with E-state index < -0.39 is 11.4 Å². The number of Topliss-reactive ketones (excluding diaryl/α,β-unsaturated/α-hetero) is 1. The summed E-state index contributed by atoms with van der Waals surface area (Å²) in [6.07, 6.45) is 9.70. The normalized spacial score (nSPS) is 42.6. The Morgan fingerprint density at radius 1 is 1.06 bits per heavy atom. The van der Waals surface area contributed by atoms with Crippen LogP contribution in [0.15, 0.2) is 35.9 Å². The molecule has 0 aromatic heterocycles. The second kappa shape index (κ2) is 8.97. The summed E-state index contributed by atoms with van der Waals surface area (Å²) in [7, 11) is 0. The minimum atomic E-state index is -1.12. The number of carbonyl (C=O) groups excluding carboxylic acids is 1. The molecule has 0 heterocycles. The summed E-state index contributed by atoms with van der Waals surface area (Å²) in [5, 5.41) is 12.1. The average Bonchev–Trinajstić information content (AvgIpc) is 3.13. The Balaban J connectivity index is 1.35. The summed E-state index contributed by atoms with van der Waals surface area (Å²) in [5.41, 5.74) is 1.77. The van der Waals surface area contributed by atoms with Crippen molar-refractivity contribution in [2.45, 2.75) is 97.1 Å². The molecule has 1 aromatic carbocycles. The fourth-order valence-corrected chi connectivity index (χ4v) is 8.83. The predicted molar refractivity (Wildman–Crippen MR) is 138 cm³/mol. The number of aliphatic hydroxyl groups is 1. The second-order valence-corrected chi connectivity index (χ2v) is 12.5. The summed E-state index contributed by atoms with van der Waals surface area (Å²) in [6.45, 7) is 9.49. The third kappa shape index (κ3) is 3.95. The van der Waals surface area contributed by atoms with E-state index in [0.29, 0.717) is 48.8 Å². The summed E-state index contributed by atoms with van der Waals surface area (Å²) in [6, 6.07) is 7.62. The number of ether oxygens (including phenoxy) is 2. The van der Waals surface area contributed by atoms with E-state index >= 15 is 0 Å². The molecule has 0 saturated heterocycles. The van der Waals surface area contributed by atoms with Crippen LogP contribution in [0.25, 0.3) is 0 Å². The summed E-state index contributed by atoms with van der Waals surface area (Å²) >= 11 is 6.00. The van der Waals surface area contributed by atoms with Crippen molar-refractivity contribution in [3.63, 3.8) is 0 Å². The zero-order valence-electron chi connectivity index (χ0n) is 21.7. The van der Waals surface area contributed by atoms with Crippen LogP contribution in [0.3, 0.4) is 0 Å². The number of ketones is 1. The minimum Gasteiger partial charge on any atom is -0.367 e. The molecule has 4 aliphatic carbocycles. The van der Waals surface area contributed by atoms with Crippen LogP contribution in [0.4, 0.5) is 0 Å². The number of hydrogen-bond donors (Lipinski definition) is 1. The van der Waals surface area contributed by atoms with E-state index in [1.807, 2.05) is 31.2 Å². The topological polar surface area (TPSA) is 55.8 Å². The van der Waals surface area contributed by atoms with Crippen LogP contribution in [0, 0.1) is 28.6 Å². The largest absolute Gasteiger partial charge is 0.367 e. The number of rotatable bonds is 6. The van der Waals surface area contributed by atoms with Gasteiger partial charge in [0.2, 0.25) is 0 Å². The molecule has 3 saturated carbocycles. The molecule has 0 amide bonds. The van der Waals surface area contributed by atoms with Crippen LogP contribution >= 0.6 is 11.6 Å². The highest BCUT2D eigenvalue weighted by Gasteiger charge is 2.66. The van der Waals surface area contributed by atoms with Gasteiger partial charge in [0, 0.05) is 29.9 Å². The molecule has 0 aliphatic heterocycles. The van der Waals surface area contributed by atoms with Crippen LogP contribution in [-0.2, 0) is 20.9 Å². The Hall–Kier alpha value is -1.20. The van der Waals surface area contributed by atoms with Gasteiger partial charge in [0.05, 0.1) is 6.61 Å². The Morgan fingerprint density at radius 3 is 2.46 bits per heavy atom. The first-order chi connectivity index (χ1) is 16.6. The van der Waals surface area contributed by atoms with E-state index in [9.17, 15) is 9.90 Å². The lowest BCUT2D eigenvalue weighted by Gasteiger charge is -2.60. The number of fused-ring (bicyclic) bond motifs is 5. The molecule has 1 aromatic rings. The lowest BCUT2D eigenvalue weighted by Crippen LogP contribution is -2.58. The Labute approximate surface area is 215 Å². The summed E-state index contributed by atoms with van der Waals surface area (Å²) < 4.78 is 12.4. The van der Waals surface area contributed by atoms with Gasteiger partial charge in [0.15, 0.2) is 11.6 Å². The van der Waals surface area contributed by atoms with Crippen molar-refractivity contribution >= 4 is 17.4 Å². The number of halogens is 1. The number of benzene rings is 1. The van der Waals surface area contributed by atoms with Crippen LogP contribution in [-0.4, -0.2) is 28.9 Å². The highest BCUT2D eigenvalue weighted by molar-refractivity contribution is 6.30. The Bertz CT molecular complexity index is 1000. The molecule has 0 spiro atoms. The average molecular weight is 501 g/mol. The van der Waals surface area contributed by atoms with E-state index in [2.05, 4.69) is 19.9 Å². The molecule has 5 rings (SSSR count). The van der Waals surface area contributed by atoms with Crippen molar-refractivity contribution in [2.75, 3.05) is 6.61 Å². The maximum atomic E-state index is 12.9. The standard InChI is InChI=1S/C30H41ClO4/c1-5-34-30(20(2)32)15-13-26-24-11-8-22-18-29(33,35-19-21-6-9-23(31)10-7-21)17-16-27(22,3)25(24)12-14-28(26,30)4/h6-10,24-26,33H,5,11-19H2,1-4H3/t24-,25+,26+,27+,28+,29-,30+/m1/s1. The van der Waals surface area contributed by atoms with E-state index in [-0.39, 0.29) is 16.6 Å². The molecule has 0 bridgehead atoms. The zero-order chi connectivity index (χ0) is 25.1. The molecule has 1 N–H and O–H groups in total. The van der Waals surface area contributed by atoms with Gasteiger partial charge < -0.3 is 14.6 Å². The maximum absolute atomic E-state index is 12.9. The fraction of sp³-hybridized carbons (Fsp3) is 0.700. The number of allylic oxidation sites excluding steroid dienone is 1. The minimum absolute atomic E-state index is 0.0885. The quantitative estimate of drug-likeness (QED) is 0.342. The zero-order valence-corrected chi connectivity index (χ0v) is 22.5. The molecule has 4 nitrogen and oxygen atoms in total. The molecular formula is C30H41ClO4. The molecule has 192 valence electrons. The highest BCUT2D eigenvalue weighted by atomic mass is 35.5. The van der Waals surface area contributed by atoms with E-state index in [1.165, 1.54) is 5.57 Å². The lowest BCUT2D eigenvalue weighted by atomic mass is 9.46. The van der Waals surface area contributed by atoms with Gasteiger partial charge in [-0.25, -0.2) is 0 Å². The van der Waals surface area contributed by atoms with Crippen molar-refractivity contribution in [3.8, 4) is 0 Å². The maximum Gasteiger partial charge on any atom is 0.169 e. The summed E-state index contributed by atoms with van der Waals surface area (Å²) in [4.78, 5) is 12.9. The van der Waals surface area contributed by atoms with Crippen molar-refractivity contribution in [1.29, 1.82) is 0 Å². The lowest BCUT2D eigenvalue weighted by molar-refractivity contribution is -0.232. The molecule has 3 fully saturated rings. The van der Waals surface area contributed by atoms with Crippen LogP contribution in [0.2, 0.25) is 5.02 Å². The molecule has 0 radical (unpaired) electrons. The van der Waals surface area contributed by atoms with Gasteiger partial charge in [-0.3, -0.25) is 4.79 Å². The van der Waals surface area contributed by atoms with Crippen LogP contribution in [0.5, 0.6) is 0 Å². The van der Waals surface area contributed by atoms with Gasteiger partial charge >= 0.3 is 0 Å². The van der Waals surface area contributed by atoms with E-state index in [4.69, 9.17) is 21.1 Å². The first-order valence-electron chi connectivity index (χ1n) is 13.5. The Morgan fingerprint density at radius 2 is 1.77 bits per heavy atom. The van der Waals surface area contributed by atoms with Gasteiger partial charge in [-0.05, 0) is 93.2 Å². The van der Waals surface area contributed by atoms with Gasteiger partial charge in [-0.2, -0.15) is 0 Å². The predicted octanol–water partition coefficient (Wildman–Crippen LogP) is 6.87. The van der Waals surface area contributed by atoms with Gasteiger partial charge in [-0.15, -0.1) is 0 Å². The third-order valence-corrected chi connectivity index (χ3v) is 10.9. The van der Waals surface area contributed by atoms with Crippen LogP contribution < -0.4 is 0 Å². The third-order valence-electron chi connectivity index (χ3n) is 10.6. The van der Waals surface area contributed by atoms with Crippen molar-refractivity contribution < 1.29 is 19.4 Å². The Kier molecular flexibility index (Phi) is 6.52. The van der Waals surface area contributed by atoms with Crippen molar-refractivity contribution in [3.05, 3.63) is 46.5 Å². The highest BCUT2D eigenvalue weighted by Crippen LogP contribution is 2.68. The molecular weight excluding hydrogens is 460 g/mol. The summed E-state index contributed by atoms with van der Waals surface area (Å²) in [5.74, 6) is 0.763. The van der Waals surface area contributed by atoms with Crippen LogP contribution in [0.1, 0.15) is 84.6 Å². The van der Waals surface area contributed by atoms with Gasteiger partial charge in [0.25, 0.3) is 0 Å². The van der Waals surface area contributed by atoms with Crippen molar-refractivity contribution in [1.82, 2.24) is 0 Å². The fourth-order valence-electron chi connectivity index (χ4n) is 8.70. The molecule has 0 unspecified atom stereocenters. The smallest absolute Gasteiger partial charge is 0.169 e. The van der Waals surface area contributed by atoms with Crippen molar-refractivity contribution in [2.24, 2.45) is 28.6 Å². The molecule has 35 heavy (non-hydrogen) atoms. The number of carbonyl (C=O) groups is 1. The second-order valence-electron chi connectivity index (χ2n) is 12.1. The molecule has 5 heteroatoms. The first kappa shape index (κ1) is 25.4. The molecule has 7 atom stereocenters. The van der Waals surface area contributed by atoms with Gasteiger partial charge in [0.1, 0.15) is 5.60 Å². The first-order valence-corrected chi connectivity index (χ1v) is 13.9. The molecule has 4 aliphatic rings.